The Morgan fingerprint density at radius 2 is 1.95 bits per heavy atom. The molecule has 4 heteroatoms. The Hall–Kier alpha value is -2.10. The molecule has 2 N–H and O–H groups in total. The minimum atomic E-state index is 0.556. The number of aryl methyl sites for hydroxylation is 1. The molecule has 0 spiro atoms. The van der Waals surface area contributed by atoms with Crippen LogP contribution >= 0.6 is 0 Å². The Bertz CT molecular complexity index is 591. The summed E-state index contributed by atoms with van der Waals surface area (Å²) in [6, 6.07) is 10.7. The van der Waals surface area contributed by atoms with Crippen molar-refractivity contribution in [2.24, 2.45) is 0 Å². The second-order valence-corrected chi connectivity index (χ2v) is 5.74. The van der Waals surface area contributed by atoms with Crippen LogP contribution in [-0.4, -0.2) is 16.0 Å². The van der Waals surface area contributed by atoms with Crippen molar-refractivity contribution in [3.63, 3.8) is 0 Å². The molecule has 110 valence electrons. The average molecular weight is 282 g/mol. The Morgan fingerprint density at radius 3 is 2.76 bits per heavy atom. The first kappa shape index (κ1) is 13.9. The first-order chi connectivity index (χ1) is 10.3. The first-order valence-electron chi connectivity index (χ1n) is 7.73. The van der Waals surface area contributed by atoms with Gasteiger partial charge in [-0.05, 0) is 43.5 Å². The van der Waals surface area contributed by atoms with E-state index in [0.29, 0.717) is 12.0 Å². The SMILES string of the molecule is Cc1cccc(Nc2nccc(NC3CCCCC3)n2)c1. The van der Waals surface area contributed by atoms with Crippen LogP contribution in [0, 0.1) is 6.92 Å². The van der Waals surface area contributed by atoms with Crippen molar-refractivity contribution < 1.29 is 0 Å². The molecule has 3 rings (SSSR count). The van der Waals surface area contributed by atoms with E-state index in [0.717, 1.165) is 11.5 Å². The van der Waals surface area contributed by atoms with Crippen LogP contribution in [0.5, 0.6) is 0 Å². The lowest BCUT2D eigenvalue weighted by Gasteiger charge is -2.23. The zero-order valence-corrected chi connectivity index (χ0v) is 12.5. The highest BCUT2D eigenvalue weighted by Crippen LogP contribution is 2.21. The van der Waals surface area contributed by atoms with Crippen molar-refractivity contribution in [3.05, 3.63) is 42.1 Å². The summed E-state index contributed by atoms with van der Waals surface area (Å²) in [5, 5.41) is 6.79. The van der Waals surface area contributed by atoms with E-state index < -0.39 is 0 Å². The lowest BCUT2D eigenvalue weighted by Crippen LogP contribution is -2.22. The number of hydrogen-bond donors (Lipinski definition) is 2. The fourth-order valence-electron chi connectivity index (χ4n) is 2.81. The molecular weight excluding hydrogens is 260 g/mol. The highest BCUT2D eigenvalue weighted by atomic mass is 15.1. The van der Waals surface area contributed by atoms with E-state index in [1.54, 1.807) is 6.20 Å². The molecule has 0 saturated heterocycles. The summed E-state index contributed by atoms with van der Waals surface area (Å²) in [7, 11) is 0. The zero-order chi connectivity index (χ0) is 14.5. The molecule has 1 aromatic heterocycles. The second kappa shape index (κ2) is 6.57. The summed E-state index contributed by atoms with van der Waals surface area (Å²) >= 11 is 0. The van der Waals surface area contributed by atoms with Crippen molar-refractivity contribution in [2.45, 2.75) is 45.1 Å². The topological polar surface area (TPSA) is 49.8 Å². The maximum Gasteiger partial charge on any atom is 0.229 e. The molecular formula is C17H22N4. The van der Waals surface area contributed by atoms with Gasteiger partial charge in [0.2, 0.25) is 5.95 Å². The fraction of sp³-hybridized carbons (Fsp3) is 0.412. The number of nitrogens with one attached hydrogen (secondary N) is 2. The second-order valence-electron chi connectivity index (χ2n) is 5.74. The molecule has 0 bridgehead atoms. The minimum Gasteiger partial charge on any atom is -0.367 e. The van der Waals surface area contributed by atoms with Crippen LogP contribution in [-0.2, 0) is 0 Å². The number of anilines is 3. The van der Waals surface area contributed by atoms with E-state index in [9.17, 15) is 0 Å². The third-order valence-corrected chi connectivity index (χ3v) is 3.89. The normalized spacial score (nSPS) is 15.7. The van der Waals surface area contributed by atoms with Gasteiger partial charge in [-0.2, -0.15) is 4.98 Å². The van der Waals surface area contributed by atoms with Gasteiger partial charge in [0.05, 0.1) is 0 Å². The molecule has 0 aliphatic heterocycles. The van der Waals surface area contributed by atoms with Crippen LogP contribution in [0.25, 0.3) is 0 Å². The Balaban J connectivity index is 1.67. The van der Waals surface area contributed by atoms with Crippen molar-refractivity contribution >= 4 is 17.5 Å². The zero-order valence-electron chi connectivity index (χ0n) is 12.5. The molecule has 2 aromatic rings. The quantitative estimate of drug-likeness (QED) is 0.879. The summed E-state index contributed by atoms with van der Waals surface area (Å²) in [4.78, 5) is 8.85. The van der Waals surface area contributed by atoms with Crippen molar-refractivity contribution in [1.29, 1.82) is 0 Å². The Morgan fingerprint density at radius 1 is 1.10 bits per heavy atom. The highest BCUT2D eigenvalue weighted by Gasteiger charge is 2.13. The van der Waals surface area contributed by atoms with Crippen molar-refractivity contribution in [3.8, 4) is 0 Å². The number of aromatic nitrogens is 2. The van der Waals surface area contributed by atoms with Crippen LogP contribution in [0.1, 0.15) is 37.7 Å². The summed E-state index contributed by atoms with van der Waals surface area (Å²) in [6.07, 6.45) is 8.28. The Kier molecular flexibility index (Phi) is 4.34. The maximum atomic E-state index is 4.56. The molecule has 0 unspecified atom stereocenters. The predicted molar refractivity (Wildman–Crippen MR) is 87.0 cm³/mol. The van der Waals surface area contributed by atoms with Gasteiger partial charge in [0, 0.05) is 17.9 Å². The summed E-state index contributed by atoms with van der Waals surface area (Å²) in [5.41, 5.74) is 2.24. The summed E-state index contributed by atoms with van der Waals surface area (Å²) in [6.45, 7) is 2.08. The van der Waals surface area contributed by atoms with Gasteiger partial charge < -0.3 is 10.6 Å². The van der Waals surface area contributed by atoms with Crippen molar-refractivity contribution in [2.75, 3.05) is 10.6 Å². The van der Waals surface area contributed by atoms with Gasteiger partial charge in [0.25, 0.3) is 0 Å². The van der Waals surface area contributed by atoms with E-state index >= 15 is 0 Å². The lowest BCUT2D eigenvalue weighted by atomic mass is 9.95. The highest BCUT2D eigenvalue weighted by molar-refractivity contribution is 5.55. The predicted octanol–water partition coefficient (Wildman–Crippen LogP) is 4.27. The molecule has 1 heterocycles. The van der Waals surface area contributed by atoms with E-state index in [2.05, 4.69) is 39.7 Å². The molecule has 1 saturated carbocycles. The van der Waals surface area contributed by atoms with Crippen LogP contribution in [0.15, 0.2) is 36.5 Å². The smallest absolute Gasteiger partial charge is 0.229 e. The fourth-order valence-corrected chi connectivity index (χ4v) is 2.81. The molecule has 0 radical (unpaired) electrons. The van der Waals surface area contributed by atoms with Gasteiger partial charge in [-0.25, -0.2) is 4.98 Å². The first-order valence-corrected chi connectivity index (χ1v) is 7.73. The van der Waals surface area contributed by atoms with Crippen LogP contribution in [0.3, 0.4) is 0 Å². The third-order valence-electron chi connectivity index (χ3n) is 3.89. The standard InChI is InChI=1S/C17H22N4/c1-13-6-5-9-15(12-13)20-17-18-11-10-16(21-17)19-14-7-3-2-4-8-14/h5-6,9-12,14H,2-4,7-8H2,1H3,(H2,18,19,20,21). The van der Waals surface area contributed by atoms with E-state index in [-0.39, 0.29) is 0 Å². The van der Waals surface area contributed by atoms with Crippen LogP contribution < -0.4 is 10.6 Å². The van der Waals surface area contributed by atoms with Gasteiger partial charge in [0.1, 0.15) is 5.82 Å². The number of rotatable bonds is 4. The van der Waals surface area contributed by atoms with Crippen LogP contribution in [0.4, 0.5) is 17.5 Å². The number of nitrogens with zero attached hydrogens (tertiary/aromatic N) is 2. The molecule has 1 aromatic carbocycles. The van der Waals surface area contributed by atoms with Gasteiger partial charge >= 0.3 is 0 Å². The van der Waals surface area contributed by atoms with Crippen LogP contribution in [0.2, 0.25) is 0 Å². The molecule has 0 amide bonds. The molecule has 1 aliphatic carbocycles. The average Bonchev–Trinajstić information content (AvgIpc) is 2.49. The number of benzene rings is 1. The van der Waals surface area contributed by atoms with Gasteiger partial charge in [-0.3, -0.25) is 0 Å². The monoisotopic (exact) mass is 282 g/mol. The van der Waals surface area contributed by atoms with Gasteiger partial charge in [-0.15, -0.1) is 0 Å². The lowest BCUT2D eigenvalue weighted by molar-refractivity contribution is 0.462. The van der Waals surface area contributed by atoms with Gasteiger partial charge in [-0.1, -0.05) is 31.4 Å². The largest absolute Gasteiger partial charge is 0.367 e. The maximum absolute atomic E-state index is 4.56. The minimum absolute atomic E-state index is 0.556. The van der Waals surface area contributed by atoms with Gasteiger partial charge in [0.15, 0.2) is 0 Å². The summed E-state index contributed by atoms with van der Waals surface area (Å²) in [5.74, 6) is 1.55. The molecule has 4 nitrogen and oxygen atoms in total. The molecule has 0 atom stereocenters. The summed E-state index contributed by atoms with van der Waals surface area (Å²) < 4.78 is 0. The molecule has 1 aliphatic rings. The number of hydrogen-bond acceptors (Lipinski definition) is 4. The van der Waals surface area contributed by atoms with E-state index in [4.69, 9.17) is 0 Å². The molecule has 21 heavy (non-hydrogen) atoms. The molecule has 1 fully saturated rings. The van der Waals surface area contributed by atoms with Crippen molar-refractivity contribution in [1.82, 2.24) is 9.97 Å². The Labute approximate surface area is 126 Å². The van der Waals surface area contributed by atoms with E-state index in [1.165, 1.54) is 37.7 Å². The third kappa shape index (κ3) is 3.94. The van der Waals surface area contributed by atoms with E-state index in [1.807, 2.05) is 18.2 Å².